The topological polar surface area (TPSA) is 79.8 Å². The van der Waals surface area contributed by atoms with Gasteiger partial charge in [0, 0.05) is 33.0 Å². The number of aromatic nitrogens is 1. The fourth-order valence-electron chi connectivity index (χ4n) is 3.35. The highest BCUT2D eigenvalue weighted by molar-refractivity contribution is 7.13. The minimum atomic E-state index is -0.0860. The molecule has 0 amide bonds. The molecule has 0 aliphatic heterocycles. The number of nitriles is 1. The maximum absolute atomic E-state index is 13.1. The zero-order valence-corrected chi connectivity index (χ0v) is 17.4. The van der Waals surface area contributed by atoms with Crippen LogP contribution in [0.4, 0.5) is 5.82 Å². The van der Waals surface area contributed by atoms with Crippen LogP contribution < -0.4 is 5.73 Å². The average Bonchev–Trinajstić information content (AvgIpc) is 3.30. The number of carbonyl (C=O) groups is 1. The summed E-state index contributed by atoms with van der Waals surface area (Å²) < 4.78 is 0. The van der Waals surface area contributed by atoms with Crippen molar-refractivity contribution < 1.29 is 4.79 Å². The first-order chi connectivity index (χ1) is 14.6. The average molecular weight is 430 g/mol. The predicted octanol–water partition coefficient (Wildman–Crippen LogP) is 6.01. The Kier molecular flexibility index (Phi) is 5.62. The summed E-state index contributed by atoms with van der Waals surface area (Å²) in [5.74, 6) is 0.0690. The zero-order valence-electron chi connectivity index (χ0n) is 15.8. The standard InChI is InChI=1S/C24H16ClN3OS/c25-17-10-8-15(9-11-17)20(29)13-18-22(21-7-4-12-30-21)19(14-26)24(27)28-23(18)16-5-2-1-3-6-16/h1-12H,13H2,(H2,27,28). The summed E-state index contributed by atoms with van der Waals surface area (Å²) in [6.07, 6.45) is 0.0844. The lowest BCUT2D eigenvalue weighted by Crippen LogP contribution is -2.10. The number of halogens is 1. The largest absolute Gasteiger partial charge is 0.383 e. The molecular weight excluding hydrogens is 414 g/mol. The summed E-state index contributed by atoms with van der Waals surface area (Å²) in [5.41, 5.74) is 9.81. The molecule has 2 aromatic carbocycles. The number of nitrogens with two attached hydrogens (primary N) is 1. The van der Waals surface area contributed by atoms with Crippen molar-refractivity contribution in [2.45, 2.75) is 6.42 Å². The van der Waals surface area contributed by atoms with Gasteiger partial charge < -0.3 is 5.73 Å². The summed E-state index contributed by atoms with van der Waals surface area (Å²) in [4.78, 5) is 18.5. The lowest BCUT2D eigenvalue weighted by molar-refractivity contribution is 0.0993. The van der Waals surface area contributed by atoms with Crippen molar-refractivity contribution in [1.82, 2.24) is 4.98 Å². The van der Waals surface area contributed by atoms with Gasteiger partial charge >= 0.3 is 0 Å². The Bertz CT molecular complexity index is 1240. The Labute approximate surface area is 183 Å². The van der Waals surface area contributed by atoms with E-state index in [2.05, 4.69) is 11.1 Å². The number of thiophene rings is 1. The molecule has 6 heteroatoms. The van der Waals surface area contributed by atoms with Gasteiger partial charge in [-0.3, -0.25) is 4.79 Å². The first-order valence-electron chi connectivity index (χ1n) is 9.19. The summed E-state index contributed by atoms with van der Waals surface area (Å²) in [6, 6.07) is 22.4. The first-order valence-corrected chi connectivity index (χ1v) is 10.4. The van der Waals surface area contributed by atoms with E-state index in [1.807, 2.05) is 47.8 Å². The van der Waals surface area contributed by atoms with Crippen molar-refractivity contribution in [2.24, 2.45) is 0 Å². The number of anilines is 1. The number of hydrogen-bond donors (Lipinski definition) is 1. The van der Waals surface area contributed by atoms with Crippen LogP contribution in [-0.4, -0.2) is 10.8 Å². The number of nitrogens with zero attached hydrogens (tertiary/aromatic N) is 2. The molecule has 0 spiro atoms. The number of carbonyl (C=O) groups excluding carboxylic acids is 1. The minimum absolute atomic E-state index is 0.0844. The summed E-state index contributed by atoms with van der Waals surface area (Å²) in [6.45, 7) is 0. The fraction of sp³-hybridized carbons (Fsp3) is 0.0417. The Morgan fingerprint density at radius 3 is 2.43 bits per heavy atom. The van der Waals surface area contributed by atoms with Gasteiger partial charge in [0.05, 0.1) is 5.69 Å². The maximum Gasteiger partial charge on any atom is 0.167 e. The molecule has 30 heavy (non-hydrogen) atoms. The van der Waals surface area contributed by atoms with Gasteiger partial charge in [-0.2, -0.15) is 5.26 Å². The van der Waals surface area contributed by atoms with E-state index in [0.717, 1.165) is 10.4 Å². The molecule has 2 N–H and O–H groups in total. The second-order valence-electron chi connectivity index (χ2n) is 6.64. The van der Waals surface area contributed by atoms with Crippen LogP contribution in [0.25, 0.3) is 21.7 Å². The van der Waals surface area contributed by atoms with Gasteiger partial charge in [-0.15, -0.1) is 11.3 Å². The highest BCUT2D eigenvalue weighted by Crippen LogP contribution is 2.39. The molecular formula is C24H16ClN3OS. The van der Waals surface area contributed by atoms with Gasteiger partial charge in [-0.25, -0.2) is 4.98 Å². The molecule has 0 atom stereocenters. The number of benzene rings is 2. The van der Waals surface area contributed by atoms with Crippen LogP contribution in [0.1, 0.15) is 21.5 Å². The number of ketones is 1. The number of nitrogen functional groups attached to an aromatic ring is 1. The summed E-state index contributed by atoms with van der Waals surface area (Å²) in [5, 5.41) is 12.3. The van der Waals surface area contributed by atoms with Crippen molar-refractivity contribution in [1.29, 1.82) is 5.26 Å². The van der Waals surface area contributed by atoms with Crippen molar-refractivity contribution >= 4 is 34.5 Å². The first kappa shape index (κ1) is 19.8. The number of Topliss-reactive ketones (excluding diaryl/α,β-unsaturated/α-hetero) is 1. The van der Waals surface area contributed by atoms with Crippen LogP contribution in [0.3, 0.4) is 0 Å². The molecule has 0 radical (unpaired) electrons. The van der Waals surface area contributed by atoms with Crippen LogP contribution in [-0.2, 0) is 6.42 Å². The SMILES string of the molecule is N#Cc1c(N)nc(-c2ccccc2)c(CC(=O)c2ccc(Cl)cc2)c1-c1cccs1. The lowest BCUT2D eigenvalue weighted by Gasteiger charge is -2.17. The Hall–Kier alpha value is -3.46. The third kappa shape index (κ3) is 3.84. The lowest BCUT2D eigenvalue weighted by atomic mass is 9.91. The summed E-state index contributed by atoms with van der Waals surface area (Å²) in [7, 11) is 0. The number of pyridine rings is 1. The van der Waals surface area contributed by atoms with Crippen LogP contribution in [0.5, 0.6) is 0 Å². The van der Waals surface area contributed by atoms with Crippen molar-refractivity contribution in [2.75, 3.05) is 5.73 Å². The van der Waals surface area contributed by atoms with Crippen molar-refractivity contribution in [3.05, 3.63) is 93.8 Å². The molecule has 4 rings (SSSR count). The molecule has 2 aromatic heterocycles. The molecule has 0 saturated carbocycles. The molecule has 0 bridgehead atoms. The number of hydrogen-bond acceptors (Lipinski definition) is 5. The van der Waals surface area contributed by atoms with Crippen molar-refractivity contribution in [3.63, 3.8) is 0 Å². The molecule has 0 aliphatic carbocycles. The predicted molar refractivity (Wildman–Crippen MR) is 122 cm³/mol. The van der Waals surface area contributed by atoms with E-state index in [1.54, 1.807) is 24.3 Å². The Morgan fingerprint density at radius 1 is 1.07 bits per heavy atom. The second kappa shape index (κ2) is 8.50. The quantitative estimate of drug-likeness (QED) is 0.394. The van der Waals surface area contributed by atoms with E-state index in [1.165, 1.54) is 11.3 Å². The smallest absolute Gasteiger partial charge is 0.167 e. The van der Waals surface area contributed by atoms with Crippen LogP contribution >= 0.6 is 22.9 Å². The Morgan fingerprint density at radius 2 is 1.80 bits per heavy atom. The molecule has 146 valence electrons. The van der Waals surface area contributed by atoms with E-state index >= 15 is 0 Å². The normalized spacial score (nSPS) is 10.5. The van der Waals surface area contributed by atoms with E-state index in [4.69, 9.17) is 17.3 Å². The van der Waals surface area contributed by atoms with E-state index in [0.29, 0.717) is 27.4 Å². The van der Waals surface area contributed by atoms with Crippen LogP contribution in [0.2, 0.25) is 5.02 Å². The maximum atomic E-state index is 13.1. The van der Waals surface area contributed by atoms with Gasteiger partial charge in [0.15, 0.2) is 5.78 Å². The van der Waals surface area contributed by atoms with Gasteiger partial charge in [0.1, 0.15) is 17.5 Å². The number of rotatable bonds is 5. The highest BCUT2D eigenvalue weighted by atomic mass is 35.5. The Balaban J connectivity index is 1.95. The molecule has 2 heterocycles. The second-order valence-corrected chi connectivity index (χ2v) is 8.02. The molecule has 4 aromatic rings. The van der Waals surface area contributed by atoms with E-state index in [9.17, 15) is 10.1 Å². The summed E-state index contributed by atoms with van der Waals surface area (Å²) >= 11 is 7.46. The van der Waals surface area contributed by atoms with Crippen LogP contribution in [0, 0.1) is 11.3 Å². The highest BCUT2D eigenvalue weighted by Gasteiger charge is 2.23. The van der Waals surface area contributed by atoms with E-state index < -0.39 is 0 Å². The third-order valence-corrected chi connectivity index (χ3v) is 5.90. The molecule has 4 nitrogen and oxygen atoms in total. The fourth-order valence-corrected chi connectivity index (χ4v) is 4.28. The van der Waals surface area contributed by atoms with Crippen LogP contribution in [0.15, 0.2) is 72.1 Å². The molecule has 0 unspecified atom stereocenters. The minimum Gasteiger partial charge on any atom is -0.383 e. The molecule has 0 saturated heterocycles. The van der Waals surface area contributed by atoms with Gasteiger partial charge in [-0.05, 0) is 41.3 Å². The van der Waals surface area contributed by atoms with Gasteiger partial charge in [0.2, 0.25) is 0 Å². The van der Waals surface area contributed by atoms with E-state index in [-0.39, 0.29) is 23.6 Å². The monoisotopic (exact) mass is 429 g/mol. The van der Waals surface area contributed by atoms with Gasteiger partial charge in [0.25, 0.3) is 0 Å². The molecule has 0 fully saturated rings. The molecule has 0 aliphatic rings. The van der Waals surface area contributed by atoms with Gasteiger partial charge in [-0.1, -0.05) is 48.0 Å². The zero-order chi connectivity index (χ0) is 21.1. The third-order valence-electron chi connectivity index (χ3n) is 4.76. The van der Waals surface area contributed by atoms with Crippen molar-refractivity contribution in [3.8, 4) is 27.8 Å².